The highest BCUT2D eigenvalue weighted by atomic mass is 16.5. The summed E-state index contributed by atoms with van der Waals surface area (Å²) in [5.74, 6) is -1.55. The van der Waals surface area contributed by atoms with E-state index in [1.54, 1.807) is 66.7 Å². The van der Waals surface area contributed by atoms with Gasteiger partial charge in [0.15, 0.2) is 0 Å². The number of carboxylic acids is 1. The number of ether oxygens (including phenoxy) is 1. The Labute approximate surface area is 241 Å². The minimum Gasteiger partial charge on any atom is -0.478 e. The number of rotatable bonds is 6. The van der Waals surface area contributed by atoms with Crippen LogP contribution in [-0.2, 0) is 4.74 Å². The Balaban J connectivity index is 0.000000208. The van der Waals surface area contributed by atoms with Gasteiger partial charge in [-0.3, -0.25) is 0 Å². The minimum absolute atomic E-state index is 0.0833. The van der Waals surface area contributed by atoms with Crippen molar-refractivity contribution in [3.63, 3.8) is 0 Å². The number of hydrogen-bond donors (Lipinski definition) is 2. The Morgan fingerprint density at radius 3 is 1.52 bits per heavy atom. The van der Waals surface area contributed by atoms with Crippen LogP contribution in [0, 0.1) is 0 Å². The summed E-state index contributed by atoms with van der Waals surface area (Å²) in [5, 5.41) is 19.3. The van der Waals surface area contributed by atoms with Crippen LogP contribution in [0.1, 0.15) is 20.7 Å². The third-order valence-corrected chi connectivity index (χ3v) is 5.83. The summed E-state index contributed by atoms with van der Waals surface area (Å²) in [6.45, 7) is 6.91. The van der Waals surface area contributed by atoms with Crippen LogP contribution in [0.3, 0.4) is 0 Å². The van der Waals surface area contributed by atoms with Gasteiger partial charge < -0.3 is 19.4 Å². The molecule has 0 radical (unpaired) electrons. The topological polar surface area (TPSA) is 131 Å². The highest BCUT2D eigenvalue weighted by Crippen LogP contribution is 2.28. The summed E-state index contributed by atoms with van der Waals surface area (Å²) < 4.78 is 9.82. The average molecular weight is 565 g/mol. The van der Waals surface area contributed by atoms with E-state index in [0.29, 0.717) is 27.5 Å². The van der Waals surface area contributed by atoms with Gasteiger partial charge in [-0.25, -0.2) is 19.2 Å². The third-order valence-electron chi connectivity index (χ3n) is 5.83. The zero-order valence-electron chi connectivity index (χ0n) is 22.6. The number of aliphatic hydroxyl groups is 1. The first-order valence-electron chi connectivity index (χ1n) is 12.7. The van der Waals surface area contributed by atoms with Gasteiger partial charge in [0, 0.05) is 0 Å². The summed E-state index contributed by atoms with van der Waals surface area (Å²) in [7, 11) is 0. The lowest BCUT2D eigenvalue weighted by atomic mass is 9.95. The van der Waals surface area contributed by atoms with Crippen molar-refractivity contribution in [2.45, 2.75) is 0 Å². The van der Waals surface area contributed by atoms with Crippen LogP contribution in [0.15, 0.2) is 136 Å². The molecule has 0 saturated heterocycles. The van der Waals surface area contributed by atoms with Crippen molar-refractivity contribution in [2.75, 3.05) is 13.2 Å². The van der Waals surface area contributed by atoms with E-state index in [1.165, 1.54) is 18.2 Å². The fraction of sp³-hybridized carbons (Fsp3) is 0.0588. The first-order valence-corrected chi connectivity index (χ1v) is 12.7. The first kappa shape index (κ1) is 30.9. The lowest BCUT2D eigenvalue weighted by Crippen LogP contribution is -2.08. The molecule has 0 fully saturated rings. The molecule has 0 atom stereocenters. The summed E-state index contributed by atoms with van der Waals surface area (Å²) in [5.41, 5.74) is 0.291. The van der Waals surface area contributed by atoms with Gasteiger partial charge in [-0.05, 0) is 46.2 Å². The van der Waals surface area contributed by atoms with Gasteiger partial charge in [0.05, 0.1) is 28.5 Å². The van der Waals surface area contributed by atoms with Crippen LogP contribution >= 0.6 is 0 Å². The summed E-state index contributed by atoms with van der Waals surface area (Å²) in [6.07, 6.45) is 2.91. The average Bonchev–Trinajstić information content (AvgIpc) is 3.14. The molecule has 0 unspecified atom stereocenters. The van der Waals surface area contributed by atoms with Crippen molar-refractivity contribution in [1.82, 2.24) is 0 Å². The fourth-order valence-corrected chi connectivity index (χ4v) is 4.00. The van der Waals surface area contributed by atoms with Gasteiger partial charge in [-0.1, -0.05) is 91.5 Å². The molecule has 1 heterocycles. The Hall–Kier alpha value is -5.60. The van der Waals surface area contributed by atoms with E-state index in [9.17, 15) is 24.3 Å². The van der Waals surface area contributed by atoms with Crippen molar-refractivity contribution >= 4 is 33.5 Å². The molecule has 0 aliphatic rings. The largest absolute Gasteiger partial charge is 0.478 e. The monoisotopic (exact) mass is 564 g/mol. The molecule has 2 N–H and O–H groups in total. The van der Waals surface area contributed by atoms with E-state index in [4.69, 9.17) is 14.3 Å². The van der Waals surface area contributed by atoms with E-state index in [2.05, 4.69) is 13.2 Å². The lowest BCUT2D eigenvalue weighted by Gasteiger charge is -2.11. The molecule has 0 saturated carbocycles. The molecule has 0 amide bonds. The maximum absolute atomic E-state index is 12.1. The van der Waals surface area contributed by atoms with Gasteiger partial charge in [0.2, 0.25) is 0 Å². The highest BCUT2D eigenvalue weighted by molar-refractivity contribution is 6.05. The molecular formula is C34H28O8. The highest BCUT2D eigenvalue weighted by Gasteiger charge is 2.18. The number of aliphatic hydroxyl groups excluding tert-OH is 1. The van der Waals surface area contributed by atoms with E-state index in [-0.39, 0.29) is 18.8 Å². The van der Waals surface area contributed by atoms with Gasteiger partial charge >= 0.3 is 23.2 Å². The third kappa shape index (κ3) is 7.53. The van der Waals surface area contributed by atoms with Crippen LogP contribution in [-0.4, -0.2) is 35.4 Å². The number of carbonyl (C=O) groups excluding carboxylic acids is 1. The van der Waals surface area contributed by atoms with Crippen molar-refractivity contribution in [3.05, 3.63) is 154 Å². The molecule has 8 nitrogen and oxygen atoms in total. The molecule has 0 aliphatic heterocycles. The molecule has 4 aromatic carbocycles. The zero-order chi connectivity index (χ0) is 30.5. The number of benzene rings is 4. The molecule has 42 heavy (non-hydrogen) atoms. The molecule has 8 heteroatoms. The van der Waals surface area contributed by atoms with Crippen LogP contribution < -0.4 is 11.3 Å². The Morgan fingerprint density at radius 2 is 1.07 bits per heavy atom. The molecular weight excluding hydrogens is 536 g/mol. The number of esters is 1. The smallest absolute Gasteiger partial charge is 0.346 e. The number of fused-ring (bicyclic) bond motifs is 3. The Kier molecular flexibility index (Phi) is 11.2. The predicted molar refractivity (Wildman–Crippen MR) is 163 cm³/mol. The maximum Gasteiger partial charge on any atom is 0.346 e. The molecule has 1 aromatic heterocycles. The first-order chi connectivity index (χ1) is 20.3. The van der Waals surface area contributed by atoms with Crippen molar-refractivity contribution in [3.8, 4) is 11.1 Å². The van der Waals surface area contributed by atoms with E-state index >= 15 is 0 Å². The molecule has 5 aromatic rings. The Morgan fingerprint density at radius 1 is 0.667 bits per heavy atom. The van der Waals surface area contributed by atoms with E-state index in [1.807, 2.05) is 24.3 Å². The Bertz CT molecular complexity index is 1780. The van der Waals surface area contributed by atoms with Gasteiger partial charge in [0.1, 0.15) is 6.61 Å². The lowest BCUT2D eigenvalue weighted by molar-refractivity contribution is 0.0549. The SMILES string of the molecule is C=CCO.C=CCOC(=O)c1ccccc1-c1ccccc1C(=O)O.O=c1oc(=O)c2ccccc2c2ccccc12. The number of aromatic carboxylic acids is 1. The number of carbonyl (C=O) groups is 2. The fourth-order valence-electron chi connectivity index (χ4n) is 4.00. The summed E-state index contributed by atoms with van der Waals surface area (Å²) in [4.78, 5) is 46.9. The molecule has 212 valence electrons. The summed E-state index contributed by atoms with van der Waals surface area (Å²) >= 11 is 0. The van der Waals surface area contributed by atoms with Gasteiger partial charge in [0.25, 0.3) is 0 Å². The normalized spacial score (nSPS) is 9.93. The maximum atomic E-state index is 12.1. The number of hydrogen-bond acceptors (Lipinski definition) is 7. The quantitative estimate of drug-likeness (QED) is 0.194. The van der Waals surface area contributed by atoms with Crippen molar-refractivity contribution in [1.29, 1.82) is 0 Å². The standard InChI is InChI=1S/C17H14O4.C14H8O3.C3H6O/c1-2-11-21-17(20)15-10-6-4-8-13(15)12-7-3-5-9-14(12)16(18)19;15-13-11-7-3-1-5-9(11)10-6-2-4-8-12(10)14(16)17-13;1-2-3-4/h2-10H,1,11H2,(H,18,19);1-8H;2,4H,1,3H2. The second kappa shape index (κ2) is 15.3. The zero-order valence-corrected chi connectivity index (χ0v) is 22.6. The molecule has 0 spiro atoms. The van der Waals surface area contributed by atoms with E-state index < -0.39 is 23.2 Å². The van der Waals surface area contributed by atoms with Crippen LogP contribution in [0.4, 0.5) is 0 Å². The summed E-state index contributed by atoms with van der Waals surface area (Å²) in [6, 6.07) is 27.4. The minimum atomic E-state index is -1.04. The number of carboxylic acid groups (broad SMARTS) is 1. The molecule has 0 aliphatic carbocycles. The molecule has 5 rings (SSSR count). The second-order valence-electron chi connectivity index (χ2n) is 8.52. The second-order valence-corrected chi connectivity index (χ2v) is 8.52. The van der Waals surface area contributed by atoms with Gasteiger partial charge in [-0.15, -0.1) is 6.58 Å². The van der Waals surface area contributed by atoms with Gasteiger partial charge in [-0.2, -0.15) is 0 Å². The predicted octanol–water partition coefficient (Wildman–Crippen LogP) is 5.87. The van der Waals surface area contributed by atoms with Crippen LogP contribution in [0.25, 0.3) is 32.7 Å². The van der Waals surface area contributed by atoms with Crippen LogP contribution in [0.2, 0.25) is 0 Å². The van der Waals surface area contributed by atoms with Crippen LogP contribution in [0.5, 0.6) is 0 Å². The van der Waals surface area contributed by atoms with Crippen molar-refractivity contribution < 1.29 is 29.0 Å². The molecule has 0 bridgehead atoms. The van der Waals surface area contributed by atoms with E-state index in [0.717, 1.165) is 10.8 Å². The van der Waals surface area contributed by atoms with Crippen molar-refractivity contribution in [2.24, 2.45) is 0 Å².